The molecular formula is C18H11Cl2N5O. The number of nitrogens with one attached hydrogen (secondary N) is 1. The molecular weight excluding hydrogens is 373 g/mol. The van der Waals surface area contributed by atoms with Crippen molar-refractivity contribution in [3.8, 4) is 11.1 Å². The topological polar surface area (TPSA) is 72.2 Å². The van der Waals surface area contributed by atoms with Crippen LogP contribution in [0.5, 0.6) is 0 Å². The molecule has 0 spiro atoms. The lowest BCUT2D eigenvalue weighted by molar-refractivity contribution is 0.102. The van der Waals surface area contributed by atoms with Gasteiger partial charge in [0.05, 0.1) is 21.9 Å². The number of pyridine rings is 1. The molecule has 0 saturated heterocycles. The average molecular weight is 384 g/mol. The zero-order valence-electron chi connectivity index (χ0n) is 13.2. The Morgan fingerprint density at radius 2 is 1.92 bits per heavy atom. The van der Waals surface area contributed by atoms with Gasteiger partial charge in [-0.3, -0.25) is 9.78 Å². The summed E-state index contributed by atoms with van der Waals surface area (Å²) in [6.45, 7) is 0. The number of fused-ring (bicyclic) bond motifs is 1. The number of carbonyl (C=O) groups is 1. The minimum atomic E-state index is -0.329. The summed E-state index contributed by atoms with van der Waals surface area (Å²) >= 11 is 12.4. The fourth-order valence-corrected chi connectivity index (χ4v) is 3.01. The van der Waals surface area contributed by atoms with Crippen LogP contribution in [0.2, 0.25) is 10.0 Å². The number of halogens is 2. The Bertz CT molecular complexity index is 1130. The van der Waals surface area contributed by atoms with Crippen molar-refractivity contribution >= 4 is 40.4 Å². The zero-order chi connectivity index (χ0) is 18.1. The number of aromatic nitrogens is 4. The SMILES string of the molecule is O=C(Nc1ccncc1-c1cccc(Cl)c1Cl)c1cnn2cccnc12. The predicted octanol–water partition coefficient (Wildman–Crippen LogP) is 4.35. The molecule has 0 radical (unpaired) electrons. The van der Waals surface area contributed by atoms with Gasteiger partial charge in [0.2, 0.25) is 0 Å². The molecule has 0 saturated carbocycles. The Morgan fingerprint density at radius 3 is 2.81 bits per heavy atom. The van der Waals surface area contributed by atoms with E-state index in [9.17, 15) is 4.79 Å². The highest BCUT2D eigenvalue weighted by Crippen LogP contribution is 2.36. The minimum Gasteiger partial charge on any atom is -0.321 e. The lowest BCUT2D eigenvalue weighted by Crippen LogP contribution is -2.13. The van der Waals surface area contributed by atoms with Gasteiger partial charge in [0.1, 0.15) is 5.56 Å². The van der Waals surface area contributed by atoms with E-state index in [0.717, 1.165) is 0 Å². The maximum atomic E-state index is 12.7. The van der Waals surface area contributed by atoms with Gasteiger partial charge in [-0.2, -0.15) is 5.10 Å². The number of hydrogen-bond donors (Lipinski definition) is 1. The molecule has 4 aromatic rings. The summed E-state index contributed by atoms with van der Waals surface area (Å²) in [5, 5.41) is 7.83. The maximum Gasteiger partial charge on any atom is 0.261 e. The van der Waals surface area contributed by atoms with Gasteiger partial charge >= 0.3 is 0 Å². The van der Waals surface area contributed by atoms with Crippen molar-refractivity contribution in [1.29, 1.82) is 0 Å². The van der Waals surface area contributed by atoms with Crippen molar-refractivity contribution in [1.82, 2.24) is 19.6 Å². The lowest BCUT2D eigenvalue weighted by Gasteiger charge is -2.12. The molecule has 0 aliphatic carbocycles. The van der Waals surface area contributed by atoms with Crippen LogP contribution in [0.4, 0.5) is 5.69 Å². The second-order valence-corrected chi connectivity index (χ2v) is 6.21. The Labute approximate surface area is 158 Å². The van der Waals surface area contributed by atoms with Crippen molar-refractivity contribution in [2.75, 3.05) is 5.32 Å². The standard InChI is InChI=1S/C18H11Cl2N5O/c19-14-4-1-3-11(16(14)20)12-9-21-7-5-15(12)24-18(26)13-10-23-25-8-2-6-22-17(13)25/h1-10H,(H,21,24,26). The van der Waals surface area contributed by atoms with E-state index in [-0.39, 0.29) is 5.91 Å². The summed E-state index contributed by atoms with van der Waals surface area (Å²) in [4.78, 5) is 21.1. The lowest BCUT2D eigenvalue weighted by atomic mass is 10.1. The summed E-state index contributed by atoms with van der Waals surface area (Å²) in [7, 11) is 0. The van der Waals surface area contributed by atoms with Crippen molar-refractivity contribution in [2.24, 2.45) is 0 Å². The van der Waals surface area contributed by atoms with E-state index in [1.54, 1.807) is 49.1 Å². The van der Waals surface area contributed by atoms with Gasteiger partial charge in [0.25, 0.3) is 5.91 Å². The third kappa shape index (κ3) is 2.89. The number of amides is 1. The van der Waals surface area contributed by atoms with Crippen LogP contribution in [-0.4, -0.2) is 25.5 Å². The van der Waals surface area contributed by atoms with Crippen LogP contribution >= 0.6 is 23.2 Å². The number of carbonyl (C=O) groups excluding carboxylic acids is 1. The first-order valence-electron chi connectivity index (χ1n) is 7.63. The molecule has 1 amide bonds. The largest absolute Gasteiger partial charge is 0.321 e. The Kier molecular flexibility index (Phi) is 4.28. The van der Waals surface area contributed by atoms with Crippen LogP contribution in [0.25, 0.3) is 16.8 Å². The molecule has 6 nitrogen and oxygen atoms in total. The van der Waals surface area contributed by atoms with Crippen LogP contribution in [-0.2, 0) is 0 Å². The third-order valence-electron chi connectivity index (χ3n) is 3.83. The Balaban J connectivity index is 1.73. The molecule has 3 heterocycles. The quantitative estimate of drug-likeness (QED) is 0.570. The van der Waals surface area contributed by atoms with Crippen molar-refractivity contribution in [3.05, 3.63) is 76.9 Å². The average Bonchev–Trinajstić information content (AvgIpc) is 3.09. The first-order chi connectivity index (χ1) is 12.6. The number of rotatable bonds is 3. The summed E-state index contributed by atoms with van der Waals surface area (Å²) in [6, 6.07) is 8.75. The van der Waals surface area contributed by atoms with E-state index in [0.29, 0.717) is 38.1 Å². The fraction of sp³-hybridized carbons (Fsp3) is 0. The highest BCUT2D eigenvalue weighted by Gasteiger charge is 2.17. The molecule has 0 atom stereocenters. The maximum absolute atomic E-state index is 12.7. The molecule has 128 valence electrons. The van der Waals surface area contributed by atoms with E-state index < -0.39 is 0 Å². The normalized spacial score (nSPS) is 10.8. The van der Waals surface area contributed by atoms with Crippen LogP contribution in [0.3, 0.4) is 0 Å². The zero-order valence-corrected chi connectivity index (χ0v) is 14.7. The van der Waals surface area contributed by atoms with Crippen molar-refractivity contribution in [2.45, 2.75) is 0 Å². The van der Waals surface area contributed by atoms with E-state index in [4.69, 9.17) is 23.2 Å². The summed E-state index contributed by atoms with van der Waals surface area (Å²) in [6.07, 6.45) is 8.03. The highest BCUT2D eigenvalue weighted by atomic mass is 35.5. The van der Waals surface area contributed by atoms with E-state index in [1.165, 1.54) is 10.7 Å². The van der Waals surface area contributed by atoms with Crippen molar-refractivity contribution < 1.29 is 4.79 Å². The van der Waals surface area contributed by atoms with Gasteiger partial charge in [-0.15, -0.1) is 0 Å². The first kappa shape index (κ1) is 16.5. The number of nitrogens with zero attached hydrogens (tertiary/aromatic N) is 4. The van der Waals surface area contributed by atoms with Crippen LogP contribution in [0, 0.1) is 0 Å². The van der Waals surface area contributed by atoms with Gasteiger partial charge in [0, 0.05) is 35.9 Å². The van der Waals surface area contributed by atoms with E-state index >= 15 is 0 Å². The summed E-state index contributed by atoms with van der Waals surface area (Å²) < 4.78 is 1.54. The van der Waals surface area contributed by atoms with Gasteiger partial charge in [-0.05, 0) is 18.2 Å². The predicted molar refractivity (Wildman–Crippen MR) is 101 cm³/mol. The monoisotopic (exact) mass is 383 g/mol. The molecule has 0 unspecified atom stereocenters. The van der Waals surface area contributed by atoms with Gasteiger partial charge in [-0.25, -0.2) is 9.50 Å². The Hall–Kier alpha value is -2.96. The summed E-state index contributed by atoms with van der Waals surface area (Å²) in [5.74, 6) is -0.329. The molecule has 1 aromatic carbocycles. The highest BCUT2D eigenvalue weighted by molar-refractivity contribution is 6.43. The van der Waals surface area contributed by atoms with Crippen LogP contribution in [0.1, 0.15) is 10.4 Å². The van der Waals surface area contributed by atoms with Crippen molar-refractivity contribution in [3.63, 3.8) is 0 Å². The minimum absolute atomic E-state index is 0.329. The Morgan fingerprint density at radius 1 is 1.04 bits per heavy atom. The molecule has 0 aliphatic rings. The number of anilines is 1. The van der Waals surface area contributed by atoms with Crippen LogP contribution in [0.15, 0.2) is 61.3 Å². The third-order valence-corrected chi connectivity index (χ3v) is 4.65. The van der Waals surface area contributed by atoms with Gasteiger partial charge < -0.3 is 5.32 Å². The smallest absolute Gasteiger partial charge is 0.261 e. The molecule has 0 aliphatic heterocycles. The molecule has 0 bridgehead atoms. The van der Waals surface area contributed by atoms with E-state index in [1.807, 2.05) is 6.07 Å². The number of hydrogen-bond acceptors (Lipinski definition) is 4. The second-order valence-electron chi connectivity index (χ2n) is 5.42. The van der Waals surface area contributed by atoms with Gasteiger partial charge in [0.15, 0.2) is 5.65 Å². The van der Waals surface area contributed by atoms with E-state index in [2.05, 4.69) is 20.4 Å². The molecule has 4 rings (SSSR count). The molecule has 0 fully saturated rings. The summed E-state index contributed by atoms with van der Waals surface area (Å²) in [5.41, 5.74) is 2.75. The van der Waals surface area contributed by atoms with Crippen LogP contribution < -0.4 is 5.32 Å². The second kappa shape index (κ2) is 6.74. The molecule has 3 aromatic heterocycles. The molecule has 26 heavy (non-hydrogen) atoms. The van der Waals surface area contributed by atoms with Gasteiger partial charge in [-0.1, -0.05) is 35.3 Å². The number of benzene rings is 1. The molecule has 8 heteroatoms. The fourth-order valence-electron chi connectivity index (χ4n) is 2.61. The first-order valence-corrected chi connectivity index (χ1v) is 8.39. The molecule has 1 N–H and O–H groups in total.